The first-order chi connectivity index (χ1) is 11.3. The lowest BCUT2D eigenvalue weighted by molar-refractivity contribution is 0.0714. The van der Waals surface area contributed by atoms with Gasteiger partial charge in [0.05, 0.1) is 7.11 Å². The summed E-state index contributed by atoms with van der Waals surface area (Å²) in [6.07, 6.45) is 5.38. The molecule has 2 aromatic rings. The zero-order valence-corrected chi connectivity index (χ0v) is 13.2. The van der Waals surface area contributed by atoms with Crippen molar-refractivity contribution in [3.8, 4) is 5.75 Å². The van der Waals surface area contributed by atoms with Gasteiger partial charge in [-0.1, -0.05) is 0 Å². The Morgan fingerprint density at radius 2 is 1.96 bits per heavy atom. The smallest absolute Gasteiger partial charge is 0.254 e. The lowest BCUT2D eigenvalue weighted by Crippen LogP contribution is -2.45. The van der Waals surface area contributed by atoms with Gasteiger partial charge in [-0.05, 0) is 49.2 Å². The minimum Gasteiger partial charge on any atom is -0.497 e. The molecule has 1 amide bonds. The van der Waals surface area contributed by atoms with Crippen molar-refractivity contribution >= 4 is 11.6 Å². The molecule has 1 aromatic heterocycles. The van der Waals surface area contributed by atoms with Crippen LogP contribution in [0, 0.1) is 0 Å². The van der Waals surface area contributed by atoms with E-state index >= 15 is 0 Å². The maximum Gasteiger partial charge on any atom is 0.254 e. The third-order valence-electron chi connectivity index (χ3n) is 4.10. The van der Waals surface area contributed by atoms with Crippen LogP contribution < -0.4 is 10.1 Å². The monoisotopic (exact) mass is 311 g/mol. The second-order valence-electron chi connectivity index (χ2n) is 5.70. The number of methoxy groups -OCH3 is 1. The number of nitrogens with one attached hydrogen (secondary N) is 1. The Morgan fingerprint density at radius 1 is 1.22 bits per heavy atom. The number of carbonyl (C=O) groups excluding carboxylic acids is 1. The Labute approximate surface area is 136 Å². The molecule has 120 valence electrons. The fourth-order valence-corrected chi connectivity index (χ4v) is 2.88. The van der Waals surface area contributed by atoms with Gasteiger partial charge >= 0.3 is 0 Å². The molecule has 0 bridgehead atoms. The van der Waals surface area contributed by atoms with Gasteiger partial charge < -0.3 is 15.0 Å². The number of piperidine rings is 1. The van der Waals surface area contributed by atoms with E-state index in [1.165, 1.54) is 0 Å². The van der Waals surface area contributed by atoms with Crippen molar-refractivity contribution in [3.05, 3.63) is 54.4 Å². The standard InChI is InChI=1S/C18H21N3O2/c1-23-17-6-4-15(5-7-17)20-16-3-2-12-21(13-16)18(22)14-8-10-19-11-9-14/h4-11,16,20H,2-3,12-13H2,1H3/t16-/m0/s1. The number of aromatic nitrogens is 1. The van der Waals surface area contributed by atoms with Crippen LogP contribution in [0.5, 0.6) is 5.75 Å². The molecule has 0 spiro atoms. The molecule has 1 aromatic carbocycles. The molecule has 23 heavy (non-hydrogen) atoms. The second-order valence-corrected chi connectivity index (χ2v) is 5.70. The van der Waals surface area contributed by atoms with Crippen molar-refractivity contribution in [2.75, 3.05) is 25.5 Å². The summed E-state index contributed by atoms with van der Waals surface area (Å²) in [6.45, 7) is 1.52. The lowest BCUT2D eigenvalue weighted by atomic mass is 10.0. The van der Waals surface area contributed by atoms with Crippen LogP contribution in [0.25, 0.3) is 0 Å². The molecular formula is C18H21N3O2. The van der Waals surface area contributed by atoms with Crippen LogP contribution in [-0.2, 0) is 0 Å². The number of hydrogen-bond acceptors (Lipinski definition) is 4. The molecule has 1 fully saturated rings. The summed E-state index contributed by atoms with van der Waals surface area (Å²) in [4.78, 5) is 18.4. The first kappa shape index (κ1) is 15.3. The number of likely N-dealkylation sites (tertiary alicyclic amines) is 1. The molecule has 5 nitrogen and oxygen atoms in total. The molecule has 0 unspecified atom stereocenters. The minimum atomic E-state index is 0.0774. The van der Waals surface area contributed by atoms with E-state index in [1.54, 1.807) is 31.6 Å². The van der Waals surface area contributed by atoms with E-state index in [0.29, 0.717) is 12.1 Å². The molecule has 1 aliphatic heterocycles. The van der Waals surface area contributed by atoms with Crippen LogP contribution in [0.15, 0.2) is 48.8 Å². The number of ether oxygens (including phenoxy) is 1. The van der Waals surface area contributed by atoms with Crippen molar-refractivity contribution < 1.29 is 9.53 Å². The third kappa shape index (κ3) is 3.80. The van der Waals surface area contributed by atoms with Gasteiger partial charge in [-0.2, -0.15) is 0 Å². The van der Waals surface area contributed by atoms with Crippen LogP contribution in [-0.4, -0.2) is 42.0 Å². The summed E-state index contributed by atoms with van der Waals surface area (Å²) in [5, 5.41) is 3.51. The van der Waals surface area contributed by atoms with Crippen molar-refractivity contribution in [1.82, 2.24) is 9.88 Å². The van der Waals surface area contributed by atoms with Gasteiger partial charge in [-0.25, -0.2) is 0 Å². The highest BCUT2D eigenvalue weighted by molar-refractivity contribution is 5.94. The van der Waals surface area contributed by atoms with Gasteiger partial charge in [-0.15, -0.1) is 0 Å². The maximum absolute atomic E-state index is 12.5. The number of pyridine rings is 1. The molecule has 5 heteroatoms. The van der Waals surface area contributed by atoms with Gasteiger partial charge in [0, 0.05) is 42.8 Å². The lowest BCUT2D eigenvalue weighted by Gasteiger charge is -2.33. The van der Waals surface area contributed by atoms with E-state index in [0.717, 1.165) is 30.8 Å². The number of nitrogens with zero attached hydrogens (tertiary/aromatic N) is 2. The zero-order chi connectivity index (χ0) is 16.1. The van der Waals surface area contributed by atoms with Gasteiger partial charge in [0.1, 0.15) is 5.75 Å². The molecular weight excluding hydrogens is 290 g/mol. The first-order valence-electron chi connectivity index (χ1n) is 7.86. The topological polar surface area (TPSA) is 54.5 Å². The van der Waals surface area contributed by atoms with E-state index in [1.807, 2.05) is 29.2 Å². The average Bonchev–Trinajstić information content (AvgIpc) is 2.63. The molecule has 0 aliphatic carbocycles. The summed E-state index contributed by atoms with van der Waals surface area (Å²) < 4.78 is 5.17. The van der Waals surface area contributed by atoms with Crippen LogP contribution in [0.3, 0.4) is 0 Å². The van der Waals surface area contributed by atoms with Crippen molar-refractivity contribution in [2.45, 2.75) is 18.9 Å². The number of hydrogen-bond donors (Lipinski definition) is 1. The Morgan fingerprint density at radius 3 is 2.65 bits per heavy atom. The van der Waals surface area contributed by atoms with Crippen molar-refractivity contribution in [3.63, 3.8) is 0 Å². The largest absolute Gasteiger partial charge is 0.497 e. The SMILES string of the molecule is COc1ccc(N[C@H]2CCCN(C(=O)c3ccncc3)C2)cc1. The molecule has 0 radical (unpaired) electrons. The molecule has 1 aliphatic rings. The summed E-state index contributed by atoms with van der Waals surface area (Å²) in [5.41, 5.74) is 1.75. The van der Waals surface area contributed by atoms with E-state index in [4.69, 9.17) is 4.74 Å². The Kier molecular flexibility index (Phi) is 4.76. The second kappa shape index (κ2) is 7.13. The third-order valence-corrected chi connectivity index (χ3v) is 4.10. The average molecular weight is 311 g/mol. The molecule has 1 saturated heterocycles. The van der Waals surface area contributed by atoms with Crippen LogP contribution in [0.2, 0.25) is 0 Å². The van der Waals surface area contributed by atoms with Gasteiger partial charge in [0.2, 0.25) is 0 Å². The Hall–Kier alpha value is -2.56. The molecule has 3 rings (SSSR count). The number of rotatable bonds is 4. The number of benzene rings is 1. The Bertz CT molecular complexity index is 643. The number of carbonyl (C=O) groups is 1. The normalized spacial score (nSPS) is 17.6. The molecule has 2 heterocycles. The minimum absolute atomic E-state index is 0.0774. The zero-order valence-electron chi connectivity index (χ0n) is 13.2. The van der Waals surface area contributed by atoms with Gasteiger partial charge in [-0.3, -0.25) is 9.78 Å². The predicted molar refractivity (Wildman–Crippen MR) is 89.8 cm³/mol. The van der Waals surface area contributed by atoms with E-state index in [2.05, 4.69) is 10.3 Å². The highest BCUT2D eigenvalue weighted by atomic mass is 16.5. The molecule has 0 saturated carbocycles. The van der Waals surface area contributed by atoms with E-state index in [-0.39, 0.29) is 11.9 Å². The highest BCUT2D eigenvalue weighted by Crippen LogP contribution is 2.20. The number of amides is 1. The van der Waals surface area contributed by atoms with E-state index < -0.39 is 0 Å². The first-order valence-corrected chi connectivity index (χ1v) is 7.86. The van der Waals surface area contributed by atoms with Crippen LogP contribution >= 0.6 is 0 Å². The molecule has 1 N–H and O–H groups in total. The summed E-state index contributed by atoms with van der Waals surface area (Å²) in [5.74, 6) is 0.919. The van der Waals surface area contributed by atoms with Crippen LogP contribution in [0.4, 0.5) is 5.69 Å². The van der Waals surface area contributed by atoms with Crippen LogP contribution in [0.1, 0.15) is 23.2 Å². The number of anilines is 1. The fraction of sp³-hybridized carbons (Fsp3) is 0.333. The molecule has 1 atom stereocenters. The maximum atomic E-state index is 12.5. The fourth-order valence-electron chi connectivity index (χ4n) is 2.88. The van der Waals surface area contributed by atoms with Crippen molar-refractivity contribution in [2.24, 2.45) is 0 Å². The Balaban J connectivity index is 1.62. The van der Waals surface area contributed by atoms with Gasteiger partial charge in [0.15, 0.2) is 0 Å². The quantitative estimate of drug-likeness (QED) is 0.943. The van der Waals surface area contributed by atoms with Gasteiger partial charge in [0.25, 0.3) is 5.91 Å². The summed E-state index contributed by atoms with van der Waals surface area (Å²) >= 11 is 0. The van der Waals surface area contributed by atoms with Crippen molar-refractivity contribution in [1.29, 1.82) is 0 Å². The highest BCUT2D eigenvalue weighted by Gasteiger charge is 2.24. The summed E-state index contributed by atoms with van der Waals surface area (Å²) in [7, 11) is 1.66. The predicted octanol–water partition coefficient (Wildman–Crippen LogP) is 2.81. The summed E-state index contributed by atoms with van der Waals surface area (Å²) in [6, 6.07) is 11.7. The van der Waals surface area contributed by atoms with E-state index in [9.17, 15) is 4.79 Å².